The van der Waals surface area contributed by atoms with Gasteiger partial charge < -0.3 is 10.1 Å². The first-order valence-electron chi connectivity index (χ1n) is 7.50. The molecule has 118 valence electrons. The molecule has 0 aliphatic heterocycles. The number of ether oxygens (including phenoxy) is 1. The highest BCUT2D eigenvalue weighted by Gasteiger charge is 2.15. The van der Waals surface area contributed by atoms with Crippen LogP contribution < -0.4 is 10.1 Å². The van der Waals surface area contributed by atoms with Crippen LogP contribution in [0.3, 0.4) is 0 Å². The topological polar surface area (TPSA) is 38.3 Å². The zero-order valence-corrected chi connectivity index (χ0v) is 14.5. The molecule has 0 saturated carbocycles. The van der Waals surface area contributed by atoms with Gasteiger partial charge in [0, 0.05) is 10.9 Å². The summed E-state index contributed by atoms with van der Waals surface area (Å²) in [4.78, 5) is 13.4. The molecule has 0 unspecified atom stereocenters. The van der Waals surface area contributed by atoms with Gasteiger partial charge in [-0.05, 0) is 43.7 Å². The molecule has 0 aromatic heterocycles. The molecule has 0 fully saturated rings. The lowest BCUT2D eigenvalue weighted by atomic mass is 10.0. The van der Waals surface area contributed by atoms with E-state index in [0.717, 1.165) is 17.7 Å². The summed E-state index contributed by atoms with van der Waals surface area (Å²) in [6, 6.07) is 5.87. The SMILES string of the molecule is COc1cc(SC)ccc1C(=O)N[C@H](C)CCCC(C)C. The van der Waals surface area contributed by atoms with Crippen LogP contribution in [0.1, 0.15) is 50.4 Å². The molecule has 21 heavy (non-hydrogen) atoms. The molecule has 0 bridgehead atoms. The van der Waals surface area contributed by atoms with Crippen molar-refractivity contribution in [1.29, 1.82) is 0 Å². The third kappa shape index (κ3) is 6.00. The molecule has 4 heteroatoms. The lowest BCUT2D eigenvalue weighted by Gasteiger charge is -2.16. The van der Waals surface area contributed by atoms with Crippen molar-refractivity contribution in [3.05, 3.63) is 23.8 Å². The Bertz CT molecular complexity index is 460. The van der Waals surface area contributed by atoms with Crippen LogP contribution in [0.4, 0.5) is 0 Å². The van der Waals surface area contributed by atoms with Gasteiger partial charge in [0.1, 0.15) is 5.75 Å². The number of hydrogen-bond donors (Lipinski definition) is 1. The van der Waals surface area contributed by atoms with Crippen molar-refractivity contribution in [2.75, 3.05) is 13.4 Å². The lowest BCUT2D eigenvalue weighted by molar-refractivity contribution is 0.0934. The third-order valence-electron chi connectivity index (χ3n) is 3.45. The average molecular weight is 309 g/mol. The van der Waals surface area contributed by atoms with Crippen LogP contribution in [-0.2, 0) is 0 Å². The molecule has 0 aliphatic carbocycles. The monoisotopic (exact) mass is 309 g/mol. The predicted molar refractivity (Wildman–Crippen MR) is 90.4 cm³/mol. The van der Waals surface area contributed by atoms with E-state index < -0.39 is 0 Å². The quantitative estimate of drug-likeness (QED) is 0.725. The van der Waals surface area contributed by atoms with E-state index in [-0.39, 0.29) is 11.9 Å². The summed E-state index contributed by atoms with van der Waals surface area (Å²) in [5, 5.41) is 3.06. The van der Waals surface area contributed by atoms with Gasteiger partial charge in [0.05, 0.1) is 12.7 Å². The van der Waals surface area contributed by atoms with Gasteiger partial charge in [0.25, 0.3) is 5.91 Å². The molecule has 1 amide bonds. The maximum atomic E-state index is 12.3. The second kappa shape index (κ2) is 8.98. The largest absolute Gasteiger partial charge is 0.496 e. The Morgan fingerprint density at radius 2 is 2.00 bits per heavy atom. The Balaban J connectivity index is 2.62. The van der Waals surface area contributed by atoms with Crippen molar-refractivity contribution in [1.82, 2.24) is 5.32 Å². The molecule has 3 nitrogen and oxygen atoms in total. The number of rotatable bonds is 8. The Morgan fingerprint density at radius 1 is 1.29 bits per heavy atom. The average Bonchev–Trinajstić information content (AvgIpc) is 2.45. The smallest absolute Gasteiger partial charge is 0.255 e. The first-order valence-corrected chi connectivity index (χ1v) is 8.73. The fraction of sp³-hybridized carbons (Fsp3) is 0.588. The van der Waals surface area contributed by atoms with Crippen LogP contribution in [0.5, 0.6) is 5.75 Å². The van der Waals surface area contributed by atoms with E-state index in [0.29, 0.717) is 17.2 Å². The number of thioether (sulfide) groups is 1. The van der Waals surface area contributed by atoms with Crippen LogP contribution >= 0.6 is 11.8 Å². The molecule has 0 heterocycles. The number of amides is 1. The minimum absolute atomic E-state index is 0.0587. The number of carbonyl (C=O) groups excluding carboxylic acids is 1. The standard InChI is InChI=1S/C17H27NO2S/c1-12(2)7-6-8-13(3)18-17(19)15-10-9-14(21-5)11-16(15)20-4/h9-13H,6-8H2,1-5H3,(H,18,19)/t13-/m1/s1. The van der Waals surface area contributed by atoms with Crippen LogP contribution in [0.25, 0.3) is 0 Å². The van der Waals surface area contributed by atoms with E-state index in [2.05, 4.69) is 26.1 Å². The zero-order chi connectivity index (χ0) is 15.8. The van der Waals surface area contributed by atoms with Gasteiger partial charge in [-0.15, -0.1) is 11.8 Å². The third-order valence-corrected chi connectivity index (χ3v) is 4.17. The molecule has 1 aromatic rings. The first-order chi connectivity index (χ1) is 9.97. The maximum Gasteiger partial charge on any atom is 0.255 e. The summed E-state index contributed by atoms with van der Waals surface area (Å²) < 4.78 is 5.33. The molecular weight excluding hydrogens is 282 g/mol. The molecule has 1 atom stereocenters. The Kier molecular flexibility index (Phi) is 7.65. The minimum atomic E-state index is -0.0587. The van der Waals surface area contributed by atoms with Crippen molar-refractivity contribution in [3.8, 4) is 5.75 Å². The van der Waals surface area contributed by atoms with E-state index in [1.54, 1.807) is 18.9 Å². The van der Waals surface area contributed by atoms with Crippen molar-refractivity contribution >= 4 is 17.7 Å². The highest BCUT2D eigenvalue weighted by molar-refractivity contribution is 7.98. The molecule has 1 N–H and O–H groups in total. The summed E-state index contributed by atoms with van der Waals surface area (Å²) in [6.07, 6.45) is 5.36. The second-order valence-electron chi connectivity index (χ2n) is 5.77. The van der Waals surface area contributed by atoms with Crippen LogP contribution in [0, 0.1) is 5.92 Å². The summed E-state index contributed by atoms with van der Waals surface area (Å²) in [5.41, 5.74) is 0.603. The summed E-state index contributed by atoms with van der Waals surface area (Å²) >= 11 is 1.63. The molecule has 1 aromatic carbocycles. The summed E-state index contributed by atoms with van der Waals surface area (Å²) in [6.45, 7) is 6.50. The lowest BCUT2D eigenvalue weighted by Crippen LogP contribution is -2.32. The Hall–Kier alpha value is -1.16. The number of benzene rings is 1. The van der Waals surface area contributed by atoms with Gasteiger partial charge in [0.2, 0.25) is 0 Å². The molecule has 0 radical (unpaired) electrons. The molecule has 1 rings (SSSR count). The van der Waals surface area contributed by atoms with E-state index in [1.165, 1.54) is 6.42 Å². The van der Waals surface area contributed by atoms with Crippen LogP contribution in [0.15, 0.2) is 23.1 Å². The first kappa shape index (κ1) is 17.9. The molecule has 0 spiro atoms. The van der Waals surface area contributed by atoms with Crippen molar-refractivity contribution in [2.24, 2.45) is 5.92 Å². The summed E-state index contributed by atoms with van der Waals surface area (Å²) in [7, 11) is 1.60. The highest BCUT2D eigenvalue weighted by atomic mass is 32.2. The second-order valence-corrected chi connectivity index (χ2v) is 6.65. The Morgan fingerprint density at radius 3 is 2.57 bits per heavy atom. The number of carbonyl (C=O) groups is 1. The zero-order valence-electron chi connectivity index (χ0n) is 13.7. The van der Waals surface area contributed by atoms with E-state index in [1.807, 2.05) is 24.5 Å². The van der Waals surface area contributed by atoms with Gasteiger partial charge in [-0.2, -0.15) is 0 Å². The molecular formula is C17H27NO2S. The van der Waals surface area contributed by atoms with Crippen LogP contribution in [-0.4, -0.2) is 25.3 Å². The van der Waals surface area contributed by atoms with E-state index >= 15 is 0 Å². The molecule has 0 saturated heterocycles. The normalized spacial score (nSPS) is 12.3. The minimum Gasteiger partial charge on any atom is -0.496 e. The van der Waals surface area contributed by atoms with Gasteiger partial charge in [-0.3, -0.25) is 4.79 Å². The van der Waals surface area contributed by atoms with Gasteiger partial charge >= 0.3 is 0 Å². The number of methoxy groups -OCH3 is 1. The summed E-state index contributed by atoms with van der Waals surface area (Å²) in [5.74, 6) is 1.29. The van der Waals surface area contributed by atoms with Gasteiger partial charge in [0.15, 0.2) is 0 Å². The fourth-order valence-electron chi connectivity index (χ4n) is 2.19. The van der Waals surface area contributed by atoms with Gasteiger partial charge in [-0.1, -0.05) is 26.7 Å². The predicted octanol–water partition coefficient (Wildman–Crippen LogP) is 4.36. The van der Waals surface area contributed by atoms with Crippen molar-refractivity contribution < 1.29 is 9.53 Å². The fourth-order valence-corrected chi connectivity index (χ4v) is 2.62. The highest BCUT2D eigenvalue weighted by Crippen LogP contribution is 2.25. The van der Waals surface area contributed by atoms with Gasteiger partial charge in [-0.25, -0.2) is 0 Å². The van der Waals surface area contributed by atoms with E-state index in [9.17, 15) is 4.79 Å². The van der Waals surface area contributed by atoms with Crippen molar-refractivity contribution in [2.45, 2.75) is 51.0 Å². The molecule has 0 aliphatic rings. The van der Waals surface area contributed by atoms with Crippen LogP contribution in [0.2, 0.25) is 0 Å². The van der Waals surface area contributed by atoms with Crippen molar-refractivity contribution in [3.63, 3.8) is 0 Å². The number of hydrogen-bond acceptors (Lipinski definition) is 3. The Labute approximate surface area is 132 Å². The number of nitrogens with one attached hydrogen (secondary N) is 1. The maximum absolute atomic E-state index is 12.3. The van der Waals surface area contributed by atoms with E-state index in [4.69, 9.17) is 4.74 Å².